The summed E-state index contributed by atoms with van der Waals surface area (Å²) in [6.07, 6.45) is 1.55. The van der Waals surface area contributed by atoms with Gasteiger partial charge in [-0.3, -0.25) is 9.69 Å². The summed E-state index contributed by atoms with van der Waals surface area (Å²) in [6, 6.07) is 7.52. The fourth-order valence-electron chi connectivity index (χ4n) is 3.35. The molecule has 1 N–H and O–H groups in total. The molecular weight excluding hydrogens is 328 g/mol. The van der Waals surface area contributed by atoms with E-state index in [-0.39, 0.29) is 5.56 Å². The number of methoxy groups -OCH3 is 1. The number of hydrogen-bond donors (Lipinski definition) is 1. The minimum atomic E-state index is -1.12. The SMILES string of the molecule is COc1ccc2c(c1)CCCN(C(C(=O)O)c1cc(F)cc(F)c1)C2. The highest BCUT2D eigenvalue weighted by Gasteiger charge is 2.30. The van der Waals surface area contributed by atoms with Gasteiger partial charge in [0.15, 0.2) is 0 Å². The molecule has 0 spiro atoms. The Balaban J connectivity index is 1.95. The topological polar surface area (TPSA) is 49.8 Å². The maximum atomic E-state index is 13.6. The average Bonchev–Trinajstić information content (AvgIpc) is 2.75. The van der Waals surface area contributed by atoms with E-state index in [0.29, 0.717) is 13.1 Å². The standard InChI is InChI=1S/C19H19F2NO3/c1-25-17-5-4-13-11-22(6-2-3-12(13)9-17)18(19(23)24)14-7-15(20)10-16(21)8-14/h4-5,7-10,18H,2-3,6,11H2,1H3,(H,23,24). The Morgan fingerprint density at radius 3 is 2.52 bits per heavy atom. The number of carboxylic acids is 1. The first-order valence-electron chi connectivity index (χ1n) is 8.06. The quantitative estimate of drug-likeness (QED) is 0.919. The van der Waals surface area contributed by atoms with Crippen molar-refractivity contribution in [1.82, 2.24) is 4.90 Å². The van der Waals surface area contributed by atoms with Gasteiger partial charge >= 0.3 is 5.97 Å². The molecule has 1 aliphatic rings. The molecule has 6 heteroatoms. The number of benzene rings is 2. The molecular formula is C19H19F2NO3. The van der Waals surface area contributed by atoms with E-state index in [1.165, 1.54) is 0 Å². The van der Waals surface area contributed by atoms with Gasteiger partial charge in [0.1, 0.15) is 23.4 Å². The lowest BCUT2D eigenvalue weighted by Gasteiger charge is -2.28. The molecule has 132 valence electrons. The third-order valence-electron chi connectivity index (χ3n) is 4.48. The molecule has 1 aliphatic heterocycles. The molecule has 0 saturated carbocycles. The van der Waals surface area contributed by atoms with E-state index < -0.39 is 23.6 Å². The maximum Gasteiger partial charge on any atom is 0.325 e. The van der Waals surface area contributed by atoms with Crippen LogP contribution < -0.4 is 4.74 Å². The van der Waals surface area contributed by atoms with Crippen LogP contribution in [0.25, 0.3) is 0 Å². The van der Waals surface area contributed by atoms with E-state index in [0.717, 1.165) is 47.9 Å². The highest BCUT2D eigenvalue weighted by Crippen LogP contribution is 2.30. The Hall–Kier alpha value is -2.47. The second kappa shape index (κ2) is 7.19. The molecule has 1 heterocycles. The van der Waals surface area contributed by atoms with Crippen LogP contribution in [0.3, 0.4) is 0 Å². The summed E-state index contributed by atoms with van der Waals surface area (Å²) in [5.41, 5.74) is 2.22. The van der Waals surface area contributed by atoms with Crippen molar-refractivity contribution in [2.75, 3.05) is 13.7 Å². The molecule has 4 nitrogen and oxygen atoms in total. The molecule has 0 aliphatic carbocycles. The van der Waals surface area contributed by atoms with E-state index in [9.17, 15) is 18.7 Å². The van der Waals surface area contributed by atoms with E-state index in [1.807, 2.05) is 18.2 Å². The highest BCUT2D eigenvalue weighted by atomic mass is 19.1. The number of carboxylic acid groups (broad SMARTS) is 1. The molecule has 2 aromatic rings. The van der Waals surface area contributed by atoms with Gasteiger partial charge in [-0.05, 0) is 60.3 Å². The Bertz CT molecular complexity index is 774. The molecule has 0 fully saturated rings. The largest absolute Gasteiger partial charge is 0.497 e. The smallest absolute Gasteiger partial charge is 0.325 e. The molecule has 0 bridgehead atoms. The number of aliphatic carboxylic acids is 1. The Morgan fingerprint density at radius 1 is 1.16 bits per heavy atom. The van der Waals surface area contributed by atoms with Crippen LogP contribution in [0, 0.1) is 11.6 Å². The van der Waals surface area contributed by atoms with Gasteiger partial charge in [0.2, 0.25) is 0 Å². The lowest BCUT2D eigenvalue weighted by atomic mass is 10.0. The second-order valence-electron chi connectivity index (χ2n) is 6.15. The fourth-order valence-corrected chi connectivity index (χ4v) is 3.35. The van der Waals surface area contributed by atoms with Crippen LogP contribution >= 0.6 is 0 Å². The van der Waals surface area contributed by atoms with Crippen LogP contribution in [-0.4, -0.2) is 29.6 Å². The predicted octanol–water partition coefficient (Wildman–Crippen LogP) is 3.55. The van der Waals surface area contributed by atoms with Crippen molar-refractivity contribution in [2.45, 2.75) is 25.4 Å². The van der Waals surface area contributed by atoms with Crippen molar-refractivity contribution >= 4 is 5.97 Å². The van der Waals surface area contributed by atoms with Crippen LogP contribution in [0.2, 0.25) is 0 Å². The molecule has 1 unspecified atom stereocenters. The fraction of sp³-hybridized carbons (Fsp3) is 0.316. The zero-order valence-corrected chi connectivity index (χ0v) is 13.8. The van der Waals surface area contributed by atoms with Crippen LogP contribution in [0.4, 0.5) is 8.78 Å². The molecule has 1 atom stereocenters. The first kappa shape index (κ1) is 17.4. The molecule has 0 radical (unpaired) electrons. The van der Waals surface area contributed by atoms with Gasteiger partial charge in [-0.2, -0.15) is 0 Å². The first-order valence-corrected chi connectivity index (χ1v) is 8.06. The van der Waals surface area contributed by atoms with Crippen molar-refractivity contribution in [1.29, 1.82) is 0 Å². The van der Waals surface area contributed by atoms with E-state index in [2.05, 4.69) is 0 Å². The highest BCUT2D eigenvalue weighted by molar-refractivity contribution is 5.75. The van der Waals surface area contributed by atoms with E-state index >= 15 is 0 Å². The minimum absolute atomic E-state index is 0.113. The lowest BCUT2D eigenvalue weighted by molar-refractivity contribution is -0.143. The van der Waals surface area contributed by atoms with Crippen LogP contribution in [0.15, 0.2) is 36.4 Å². The van der Waals surface area contributed by atoms with Gasteiger partial charge in [0, 0.05) is 12.6 Å². The number of fused-ring (bicyclic) bond motifs is 1. The summed E-state index contributed by atoms with van der Waals surface area (Å²) in [6.45, 7) is 0.917. The van der Waals surface area contributed by atoms with Crippen molar-refractivity contribution in [2.24, 2.45) is 0 Å². The lowest BCUT2D eigenvalue weighted by Crippen LogP contribution is -2.34. The molecule has 3 rings (SSSR count). The summed E-state index contributed by atoms with van der Waals surface area (Å²) < 4.78 is 32.4. The number of hydrogen-bond acceptors (Lipinski definition) is 3. The third kappa shape index (κ3) is 3.79. The minimum Gasteiger partial charge on any atom is -0.497 e. The number of ether oxygens (including phenoxy) is 1. The summed E-state index contributed by atoms with van der Waals surface area (Å²) >= 11 is 0. The first-order chi connectivity index (χ1) is 12.0. The number of halogens is 2. The zero-order chi connectivity index (χ0) is 18.0. The predicted molar refractivity (Wildman–Crippen MR) is 88.5 cm³/mol. The monoisotopic (exact) mass is 347 g/mol. The molecule has 25 heavy (non-hydrogen) atoms. The van der Waals surface area contributed by atoms with Crippen molar-refractivity contribution < 1.29 is 23.4 Å². The van der Waals surface area contributed by atoms with Crippen LogP contribution in [0.1, 0.15) is 29.2 Å². The second-order valence-corrected chi connectivity index (χ2v) is 6.15. The molecule has 0 amide bonds. The van der Waals surface area contributed by atoms with Crippen molar-refractivity contribution in [3.63, 3.8) is 0 Å². The molecule has 0 saturated heterocycles. The van der Waals surface area contributed by atoms with Crippen LogP contribution in [0.5, 0.6) is 5.75 Å². The summed E-state index contributed by atoms with van der Waals surface area (Å²) in [7, 11) is 1.60. The van der Waals surface area contributed by atoms with Crippen molar-refractivity contribution in [3.8, 4) is 5.75 Å². The van der Waals surface area contributed by atoms with Gasteiger partial charge in [-0.15, -0.1) is 0 Å². The van der Waals surface area contributed by atoms with Gasteiger partial charge in [-0.25, -0.2) is 8.78 Å². The zero-order valence-electron chi connectivity index (χ0n) is 13.8. The number of rotatable bonds is 4. The van der Waals surface area contributed by atoms with Gasteiger partial charge in [0.05, 0.1) is 7.11 Å². The Morgan fingerprint density at radius 2 is 1.88 bits per heavy atom. The Kier molecular flexibility index (Phi) is 4.99. The number of nitrogens with zero attached hydrogens (tertiary/aromatic N) is 1. The summed E-state index contributed by atoms with van der Waals surface area (Å²) in [5, 5.41) is 9.68. The maximum absolute atomic E-state index is 13.6. The third-order valence-corrected chi connectivity index (χ3v) is 4.48. The molecule has 0 aromatic heterocycles. The van der Waals surface area contributed by atoms with E-state index in [4.69, 9.17) is 4.74 Å². The number of aryl methyl sites for hydroxylation is 1. The van der Waals surface area contributed by atoms with Crippen molar-refractivity contribution in [3.05, 3.63) is 64.7 Å². The average molecular weight is 347 g/mol. The van der Waals surface area contributed by atoms with Gasteiger partial charge < -0.3 is 9.84 Å². The molecule has 2 aromatic carbocycles. The summed E-state index contributed by atoms with van der Waals surface area (Å²) in [4.78, 5) is 13.6. The van der Waals surface area contributed by atoms with E-state index in [1.54, 1.807) is 12.0 Å². The van der Waals surface area contributed by atoms with Gasteiger partial charge in [-0.1, -0.05) is 6.07 Å². The van der Waals surface area contributed by atoms with Gasteiger partial charge in [0.25, 0.3) is 0 Å². The normalized spacial score (nSPS) is 16.0. The number of carbonyl (C=O) groups is 1. The Labute approximate surface area is 144 Å². The summed E-state index contributed by atoms with van der Waals surface area (Å²) in [5.74, 6) is -1.92. The van der Waals surface area contributed by atoms with Crippen LogP contribution in [-0.2, 0) is 17.8 Å².